The number of phenols is 1. The van der Waals surface area contributed by atoms with Crippen LogP contribution < -0.4 is 11.1 Å². The minimum absolute atomic E-state index is 0.0266. The van der Waals surface area contributed by atoms with Gasteiger partial charge in [0, 0.05) is 12.3 Å². The largest absolute Gasteiger partial charge is 0.506 e. The molecule has 6 nitrogen and oxygen atoms in total. The van der Waals surface area contributed by atoms with E-state index in [1.54, 1.807) is 0 Å². The summed E-state index contributed by atoms with van der Waals surface area (Å²) in [6.45, 7) is 0. The number of aromatic hydroxyl groups is 1. The Morgan fingerprint density at radius 3 is 2.55 bits per heavy atom. The molecule has 0 saturated heterocycles. The van der Waals surface area contributed by atoms with Gasteiger partial charge in [-0.15, -0.1) is 0 Å². The van der Waals surface area contributed by atoms with E-state index in [4.69, 9.17) is 5.73 Å². The SMILES string of the molecule is NC(=O)c1ccc(C(=O)Nc2ccc(F)cc2O)nc1. The number of hydrogen-bond donors (Lipinski definition) is 3. The number of phenolic OH excluding ortho intramolecular Hbond substituents is 1. The maximum atomic E-state index is 12.8. The highest BCUT2D eigenvalue weighted by molar-refractivity contribution is 6.04. The van der Waals surface area contributed by atoms with Crippen molar-refractivity contribution in [1.29, 1.82) is 0 Å². The average molecular weight is 275 g/mol. The van der Waals surface area contributed by atoms with Crippen molar-refractivity contribution in [3.05, 3.63) is 53.6 Å². The van der Waals surface area contributed by atoms with Crippen LogP contribution in [0.5, 0.6) is 5.75 Å². The highest BCUT2D eigenvalue weighted by Crippen LogP contribution is 2.23. The van der Waals surface area contributed by atoms with Gasteiger partial charge in [-0.3, -0.25) is 14.6 Å². The van der Waals surface area contributed by atoms with Gasteiger partial charge in [-0.25, -0.2) is 4.39 Å². The van der Waals surface area contributed by atoms with Crippen LogP contribution >= 0.6 is 0 Å². The van der Waals surface area contributed by atoms with Gasteiger partial charge in [0.1, 0.15) is 17.3 Å². The molecule has 1 aromatic carbocycles. The van der Waals surface area contributed by atoms with Crippen molar-refractivity contribution in [2.75, 3.05) is 5.32 Å². The van der Waals surface area contributed by atoms with Crippen molar-refractivity contribution in [2.45, 2.75) is 0 Å². The Labute approximate surface area is 113 Å². The standard InChI is InChI=1S/C13H10FN3O3/c14-8-2-4-9(11(18)5-8)17-13(20)10-3-1-7(6-16-10)12(15)19/h1-6,18H,(H2,15,19)(H,17,20). The number of carbonyl (C=O) groups is 2. The molecule has 4 N–H and O–H groups in total. The highest BCUT2D eigenvalue weighted by atomic mass is 19.1. The minimum Gasteiger partial charge on any atom is -0.506 e. The second-order valence-corrected chi connectivity index (χ2v) is 3.91. The summed E-state index contributed by atoms with van der Waals surface area (Å²) in [4.78, 5) is 26.5. The molecule has 0 bridgehead atoms. The van der Waals surface area contributed by atoms with Crippen LogP contribution in [0.3, 0.4) is 0 Å². The third-order valence-electron chi connectivity index (χ3n) is 2.49. The molecule has 0 aliphatic rings. The quantitative estimate of drug-likeness (QED) is 0.733. The lowest BCUT2D eigenvalue weighted by molar-refractivity contribution is 0.0993. The van der Waals surface area contributed by atoms with Gasteiger partial charge in [-0.2, -0.15) is 0 Å². The molecule has 1 heterocycles. The van der Waals surface area contributed by atoms with Crippen LogP contribution in [-0.4, -0.2) is 21.9 Å². The Hall–Kier alpha value is -2.96. The zero-order chi connectivity index (χ0) is 14.7. The fourth-order valence-corrected chi connectivity index (χ4v) is 1.47. The van der Waals surface area contributed by atoms with E-state index in [-0.39, 0.29) is 16.9 Å². The molecular weight excluding hydrogens is 265 g/mol. The van der Waals surface area contributed by atoms with Gasteiger partial charge in [0.05, 0.1) is 11.3 Å². The van der Waals surface area contributed by atoms with Gasteiger partial charge < -0.3 is 16.2 Å². The third-order valence-corrected chi connectivity index (χ3v) is 2.49. The molecule has 20 heavy (non-hydrogen) atoms. The van der Waals surface area contributed by atoms with E-state index in [1.165, 1.54) is 24.4 Å². The van der Waals surface area contributed by atoms with Gasteiger partial charge >= 0.3 is 0 Å². The maximum Gasteiger partial charge on any atom is 0.274 e. The van der Waals surface area contributed by atoms with Crippen molar-refractivity contribution in [3.63, 3.8) is 0 Å². The predicted molar refractivity (Wildman–Crippen MR) is 68.8 cm³/mol. The van der Waals surface area contributed by atoms with E-state index < -0.39 is 23.4 Å². The number of rotatable bonds is 3. The summed E-state index contributed by atoms with van der Waals surface area (Å²) < 4.78 is 12.8. The van der Waals surface area contributed by atoms with E-state index in [1.807, 2.05) is 0 Å². The molecule has 0 unspecified atom stereocenters. The molecule has 0 saturated carbocycles. The van der Waals surface area contributed by atoms with Gasteiger partial charge in [0.25, 0.3) is 5.91 Å². The van der Waals surface area contributed by atoms with E-state index in [0.717, 1.165) is 12.1 Å². The number of nitrogens with two attached hydrogens (primary N) is 1. The number of anilines is 1. The Morgan fingerprint density at radius 2 is 2.00 bits per heavy atom. The molecule has 0 spiro atoms. The zero-order valence-electron chi connectivity index (χ0n) is 10.1. The van der Waals surface area contributed by atoms with E-state index in [9.17, 15) is 19.1 Å². The molecule has 2 amide bonds. The minimum atomic E-state index is -0.652. The first-order valence-corrected chi connectivity index (χ1v) is 5.53. The normalized spacial score (nSPS) is 10.1. The molecule has 7 heteroatoms. The van der Waals surface area contributed by atoms with E-state index >= 15 is 0 Å². The van der Waals surface area contributed by atoms with Crippen molar-refractivity contribution in [3.8, 4) is 5.75 Å². The smallest absolute Gasteiger partial charge is 0.274 e. The van der Waals surface area contributed by atoms with Crippen molar-refractivity contribution >= 4 is 17.5 Å². The number of hydrogen-bond acceptors (Lipinski definition) is 4. The molecule has 0 aliphatic heterocycles. The van der Waals surface area contributed by atoms with Gasteiger partial charge in [0.2, 0.25) is 5.91 Å². The number of nitrogens with one attached hydrogen (secondary N) is 1. The molecule has 1 aromatic heterocycles. The Kier molecular flexibility index (Phi) is 3.60. The number of pyridine rings is 1. The number of halogens is 1. The van der Waals surface area contributed by atoms with E-state index in [2.05, 4.69) is 10.3 Å². The average Bonchev–Trinajstić information content (AvgIpc) is 2.42. The third kappa shape index (κ3) is 2.89. The first-order chi connectivity index (χ1) is 9.47. The molecule has 0 fully saturated rings. The zero-order valence-corrected chi connectivity index (χ0v) is 10.1. The molecule has 102 valence electrons. The first-order valence-electron chi connectivity index (χ1n) is 5.53. The van der Waals surface area contributed by atoms with Crippen molar-refractivity contribution < 1.29 is 19.1 Å². The van der Waals surface area contributed by atoms with Crippen LogP contribution in [0.1, 0.15) is 20.8 Å². The summed E-state index contributed by atoms with van der Waals surface area (Å²) in [6, 6.07) is 5.86. The van der Waals surface area contributed by atoms with Crippen LogP contribution in [0.25, 0.3) is 0 Å². The first kappa shape index (κ1) is 13.5. The lowest BCUT2D eigenvalue weighted by Gasteiger charge is -2.07. The summed E-state index contributed by atoms with van der Waals surface area (Å²) in [5.74, 6) is -2.28. The lowest BCUT2D eigenvalue weighted by Crippen LogP contribution is -2.16. The molecule has 0 radical (unpaired) electrons. The fourth-order valence-electron chi connectivity index (χ4n) is 1.47. The highest BCUT2D eigenvalue weighted by Gasteiger charge is 2.11. The second-order valence-electron chi connectivity index (χ2n) is 3.91. The molecular formula is C13H10FN3O3. The van der Waals surface area contributed by atoms with Crippen molar-refractivity contribution in [1.82, 2.24) is 4.98 Å². The van der Waals surface area contributed by atoms with Gasteiger partial charge in [0.15, 0.2) is 0 Å². The Bertz CT molecular complexity index is 671. The Morgan fingerprint density at radius 1 is 1.25 bits per heavy atom. The maximum absolute atomic E-state index is 12.8. The number of carbonyl (C=O) groups excluding carboxylic acids is 2. The number of aromatic nitrogens is 1. The fraction of sp³-hybridized carbons (Fsp3) is 0. The lowest BCUT2D eigenvalue weighted by atomic mass is 10.2. The summed E-state index contributed by atoms with van der Waals surface area (Å²) in [5, 5.41) is 11.8. The van der Waals surface area contributed by atoms with Crippen LogP contribution in [0.4, 0.5) is 10.1 Å². The van der Waals surface area contributed by atoms with Gasteiger partial charge in [-0.1, -0.05) is 0 Å². The van der Waals surface area contributed by atoms with Crippen LogP contribution in [0.2, 0.25) is 0 Å². The number of primary amides is 1. The molecule has 2 aromatic rings. The van der Waals surface area contributed by atoms with Crippen LogP contribution in [-0.2, 0) is 0 Å². The summed E-state index contributed by atoms with van der Waals surface area (Å²) >= 11 is 0. The number of amides is 2. The second kappa shape index (κ2) is 5.35. The summed E-state index contributed by atoms with van der Waals surface area (Å²) in [5.41, 5.74) is 5.30. The van der Waals surface area contributed by atoms with Crippen LogP contribution in [0.15, 0.2) is 36.5 Å². The molecule has 0 atom stereocenters. The predicted octanol–water partition coefficient (Wildman–Crippen LogP) is 1.28. The summed E-state index contributed by atoms with van der Waals surface area (Å²) in [6.07, 6.45) is 1.17. The molecule has 2 rings (SSSR count). The molecule has 0 aliphatic carbocycles. The monoisotopic (exact) mass is 275 g/mol. The number of nitrogens with zero attached hydrogens (tertiary/aromatic N) is 1. The summed E-state index contributed by atoms with van der Waals surface area (Å²) in [7, 11) is 0. The van der Waals surface area contributed by atoms with E-state index in [0.29, 0.717) is 0 Å². The van der Waals surface area contributed by atoms with Crippen LogP contribution in [0, 0.1) is 5.82 Å². The van der Waals surface area contributed by atoms with Gasteiger partial charge in [-0.05, 0) is 24.3 Å². The number of benzene rings is 1. The Balaban J connectivity index is 2.17. The van der Waals surface area contributed by atoms with Crippen molar-refractivity contribution in [2.24, 2.45) is 5.73 Å². The topological polar surface area (TPSA) is 105 Å².